The number of rotatable bonds is 0. The van der Waals surface area contributed by atoms with Crippen LogP contribution in [-0.4, -0.2) is 63.0 Å². The molecule has 0 bridgehead atoms. The Morgan fingerprint density at radius 3 is 1.33 bits per heavy atom. The van der Waals surface area contributed by atoms with E-state index in [-0.39, 0.29) is 29.6 Å². The van der Waals surface area contributed by atoms with Crippen molar-refractivity contribution in [2.45, 2.75) is 0 Å². The monoisotopic (exact) mass is 145 g/mol. The molecule has 0 aliphatic rings. The van der Waals surface area contributed by atoms with E-state index in [0.717, 1.165) is 0 Å². The maximum atomic E-state index is 8.89. The first-order valence-corrected chi connectivity index (χ1v) is 1.56. The summed E-state index contributed by atoms with van der Waals surface area (Å²) in [5.41, 5.74) is 0. The van der Waals surface area contributed by atoms with Crippen molar-refractivity contribution in [1.29, 1.82) is 0 Å². The van der Waals surface area contributed by atoms with E-state index in [0.29, 0.717) is 0 Å². The quantitative estimate of drug-likeness (QED) is 0.276. The van der Waals surface area contributed by atoms with Crippen molar-refractivity contribution in [3.05, 3.63) is 6.92 Å². The summed E-state index contributed by atoms with van der Waals surface area (Å²) in [5, 5.41) is 28.8. The van der Waals surface area contributed by atoms with Gasteiger partial charge in [-0.2, -0.15) is 0 Å². The molecule has 0 unspecified atom stereocenters. The Kier molecular flexibility index (Phi) is 20.2. The van der Waals surface area contributed by atoms with Gasteiger partial charge in [-0.25, -0.2) is 0 Å². The molecule has 0 saturated carbocycles. The zero-order valence-electron chi connectivity index (χ0n) is 3.98. The standard InChI is InChI=1S/C2H3O2.BH3O3.Na.H/c1-2(3)4;2-1(3)4;;/h1H2,(H,3,4);2-4H;;. The Bertz CT molecular complexity index is 59.2. The minimum atomic E-state index is -2.17. The molecule has 0 aliphatic heterocycles. The molecule has 0 heterocycles. The fourth-order valence-corrected chi connectivity index (χ4v) is 0. The summed E-state index contributed by atoms with van der Waals surface area (Å²) in [7, 11) is -2.17. The Hall–Kier alpha value is 0.415. The summed E-state index contributed by atoms with van der Waals surface area (Å²) in [4.78, 5) is 8.89. The number of carboxylic acid groups (broad SMARTS) is 1. The van der Waals surface area contributed by atoms with Crippen LogP contribution in [0.2, 0.25) is 0 Å². The van der Waals surface area contributed by atoms with E-state index in [1.54, 1.807) is 0 Å². The third kappa shape index (κ3) is 2010. The van der Waals surface area contributed by atoms with Gasteiger partial charge in [0, 0.05) is 0 Å². The van der Waals surface area contributed by atoms with E-state index in [1.165, 1.54) is 0 Å². The van der Waals surface area contributed by atoms with Gasteiger partial charge in [0.2, 0.25) is 0 Å². The zero-order valence-corrected chi connectivity index (χ0v) is 3.98. The Labute approximate surface area is 74.8 Å². The van der Waals surface area contributed by atoms with Gasteiger partial charge in [0.15, 0.2) is 0 Å². The van der Waals surface area contributed by atoms with Gasteiger partial charge in [-0.3, -0.25) is 4.79 Å². The first-order valence-electron chi connectivity index (χ1n) is 1.56. The molecule has 1 radical (unpaired) electrons. The van der Waals surface area contributed by atoms with Crippen LogP contribution < -0.4 is 0 Å². The number of carbonyl (C=O) groups is 1. The van der Waals surface area contributed by atoms with Crippen LogP contribution in [0.5, 0.6) is 0 Å². The first kappa shape index (κ1) is 16.2. The Morgan fingerprint density at radius 2 is 1.33 bits per heavy atom. The molecule has 0 atom stereocenters. The summed E-state index contributed by atoms with van der Waals surface area (Å²) >= 11 is 0. The number of hydrogen-bond acceptors (Lipinski definition) is 4. The molecule has 7 heteroatoms. The third-order valence-electron chi connectivity index (χ3n) is 0. The minimum absolute atomic E-state index is 0. The molecular weight excluding hydrogens is 138 g/mol. The molecule has 4 N–H and O–H groups in total. The van der Waals surface area contributed by atoms with Gasteiger partial charge in [-0.05, 0) is 0 Å². The molecule has 5 nitrogen and oxygen atoms in total. The van der Waals surface area contributed by atoms with Crippen LogP contribution in [0.3, 0.4) is 0 Å². The molecule has 0 saturated heterocycles. The van der Waals surface area contributed by atoms with E-state index in [9.17, 15) is 0 Å². The number of aliphatic carboxylic acids is 1. The van der Waals surface area contributed by atoms with Crippen molar-refractivity contribution in [1.82, 2.24) is 0 Å². The van der Waals surface area contributed by atoms with Gasteiger partial charge < -0.3 is 20.2 Å². The van der Waals surface area contributed by atoms with Gasteiger partial charge in [-0.15, -0.1) is 0 Å². The second-order valence-corrected chi connectivity index (χ2v) is 0.740. The van der Waals surface area contributed by atoms with Crippen molar-refractivity contribution in [3.63, 3.8) is 0 Å². The predicted molar refractivity (Wildman–Crippen MR) is 32.6 cm³/mol. The molecule has 49 valence electrons. The van der Waals surface area contributed by atoms with Crippen LogP contribution >= 0.6 is 0 Å². The van der Waals surface area contributed by atoms with Crippen molar-refractivity contribution in [3.8, 4) is 0 Å². The summed E-state index contributed by atoms with van der Waals surface area (Å²) in [6.07, 6.45) is 0. The molecule has 0 aliphatic carbocycles. The van der Waals surface area contributed by atoms with E-state index >= 15 is 0 Å². The molecule has 0 spiro atoms. The molecule has 0 amide bonds. The first-order chi connectivity index (χ1) is 3.46. The van der Waals surface area contributed by atoms with E-state index in [2.05, 4.69) is 6.92 Å². The van der Waals surface area contributed by atoms with Crippen molar-refractivity contribution in [2.75, 3.05) is 0 Å². The van der Waals surface area contributed by atoms with Crippen LogP contribution in [0, 0.1) is 6.92 Å². The second-order valence-electron chi connectivity index (χ2n) is 0.740. The average molecular weight is 145 g/mol. The van der Waals surface area contributed by atoms with E-state index < -0.39 is 13.3 Å². The van der Waals surface area contributed by atoms with Gasteiger partial charge in [0.05, 0.1) is 6.92 Å². The van der Waals surface area contributed by atoms with Crippen LogP contribution in [0.4, 0.5) is 0 Å². The summed E-state index contributed by atoms with van der Waals surface area (Å²) < 4.78 is 0. The zero-order chi connectivity index (χ0) is 7.15. The molecular formula is C2H7BNaO5. The van der Waals surface area contributed by atoms with Gasteiger partial charge in [0.25, 0.3) is 0 Å². The molecule has 0 aromatic carbocycles. The SMILES string of the molecule is OB(O)O.[CH2]C(=O)O.[NaH]. The van der Waals surface area contributed by atoms with Gasteiger partial charge in [0.1, 0.15) is 0 Å². The molecule has 9 heavy (non-hydrogen) atoms. The average Bonchev–Trinajstić information content (AvgIpc) is 1.25. The van der Waals surface area contributed by atoms with Crippen LogP contribution in [-0.2, 0) is 4.79 Å². The Morgan fingerprint density at radius 1 is 1.33 bits per heavy atom. The summed E-state index contributed by atoms with van der Waals surface area (Å²) in [6.45, 7) is 2.56. The molecule has 0 aromatic rings. The molecule has 0 rings (SSSR count). The van der Waals surface area contributed by atoms with Crippen molar-refractivity contribution < 1.29 is 25.0 Å². The second kappa shape index (κ2) is 11.2. The van der Waals surface area contributed by atoms with Crippen molar-refractivity contribution in [2.24, 2.45) is 0 Å². The fraction of sp³-hybridized carbons (Fsp3) is 0. The third-order valence-corrected chi connectivity index (χ3v) is 0. The Balaban J connectivity index is -0.0000000720. The molecule has 0 fully saturated rings. The maximum absolute atomic E-state index is 8.89. The van der Waals surface area contributed by atoms with Gasteiger partial charge >= 0.3 is 42.8 Å². The van der Waals surface area contributed by atoms with Gasteiger partial charge in [-0.1, -0.05) is 0 Å². The number of carboxylic acids is 1. The summed E-state index contributed by atoms with van der Waals surface area (Å²) in [6, 6.07) is 0. The fourth-order valence-electron chi connectivity index (χ4n) is 0. The topological polar surface area (TPSA) is 98.0 Å². The van der Waals surface area contributed by atoms with Crippen LogP contribution in [0.25, 0.3) is 0 Å². The van der Waals surface area contributed by atoms with Crippen LogP contribution in [0.1, 0.15) is 0 Å². The van der Waals surface area contributed by atoms with E-state index in [1.807, 2.05) is 0 Å². The predicted octanol–water partition coefficient (Wildman–Crippen LogP) is -2.80. The number of hydrogen-bond donors (Lipinski definition) is 4. The molecule has 0 aromatic heterocycles. The normalized spacial score (nSPS) is 5.78. The van der Waals surface area contributed by atoms with Crippen LogP contribution in [0.15, 0.2) is 0 Å². The van der Waals surface area contributed by atoms with E-state index in [4.69, 9.17) is 25.0 Å². The van der Waals surface area contributed by atoms with Crippen molar-refractivity contribution >= 4 is 42.8 Å². The summed E-state index contributed by atoms with van der Waals surface area (Å²) in [5.74, 6) is -1.08.